The molecule has 0 bridgehead atoms. The van der Waals surface area contributed by atoms with Gasteiger partial charge in [0.15, 0.2) is 0 Å². The Morgan fingerprint density at radius 1 is 1.03 bits per heavy atom. The first-order valence-electron chi connectivity index (χ1n) is 9.36. The van der Waals surface area contributed by atoms with E-state index in [1.54, 1.807) is 0 Å². The fraction of sp³-hybridized carbons (Fsp3) is 0.182. The van der Waals surface area contributed by atoms with Crippen LogP contribution >= 0.6 is 11.6 Å². The SMILES string of the molecule is Cc1[nH]c2c(F)ccc(C)c2c1CCNc1cc(Nc2ccc(Cl)cc2)ncn1. The van der Waals surface area contributed by atoms with Crippen LogP contribution in [0.2, 0.25) is 5.02 Å². The van der Waals surface area contributed by atoms with Gasteiger partial charge in [0.25, 0.3) is 0 Å². The van der Waals surface area contributed by atoms with Crippen LogP contribution in [0.5, 0.6) is 0 Å². The molecule has 0 saturated heterocycles. The number of aryl methyl sites for hydroxylation is 2. The molecule has 29 heavy (non-hydrogen) atoms. The lowest BCUT2D eigenvalue weighted by molar-refractivity contribution is 0.637. The molecule has 0 fully saturated rings. The molecule has 0 atom stereocenters. The summed E-state index contributed by atoms with van der Waals surface area (Å²) in [5, 5.41) is 8.20. The minimum atomic E-state index is -0.221. The molecule has 2 aromatic carbocycles. The number of halogens is 2. The number of benzene rings is 2. The maximum Gasteiger partial charge on any atom is 0.147 e. The van der Waals surface area contributed by atoms with E-state index in [1.165, 1.54) is 12.4 Å². The minimum absolute atomic E-state index is 0.221. The van der Waals surface area contributed by atoms with Crippen molar-refractivity contribution in [1.82, 2.24) is 15.0 Å². The normalized spacial score (nSPS) is 11.0. The van der Waals surface area contributed by atoms with Gasteiger partial charge in [-0.1, -0.05) is 17.7 Å². The zero-order chi connectivity index (χ0) is 20.4. The number of H-pyrrole nitrogens is 1. The Morgan fingerprint density at radius 3 is 2.59 bits per heavy atom. The summed E-state index contributed by atoms with van der Waals surface area (Å²) in [7, 11) is 0. The second-order valence-corrected chi connectivity index (χ2v) is 7.38. The summed E-state index contributed by atoms with van der Waals surface area (Å²) in [5.74, 6) is 1.18. The van der Waals surface area contributed by atoms with Crippen LogP contribution in [0.3, 0.4) is 0 Å². The second kappa shape index (κ2) is 8.09. The summed E-state index contributed by atoms with van der Waals surface area (Å²) in [6, 6.07) is 12.6. The van der Waals surface area contributed by atoms with Gasteiger partial charge in [0.05, 0.1) is 5.52 Å². The highest BCUT2D eigenvalue weighted by Crippen LogP contribution is 2.28. The van der Waals surface area contributed by atoms with Crippen molar-refractivity contribution in [3.63, 3.8) is 0 Å². The highest BCUT2D eigenvalue weighted by molar-refractivity contribution is 6.30. The largest absolute Gasteiger partial charge is 0.370 e. The molecular weight excluding hydrogens is 389 g/mol. The summed E-state index contributed by atoms with van der Waals surface area (Å²) in [6.45, 7) is 4.65. The number of rotatable bonds is 6. The quantitative estimate of drug-likeness (QED) is 0.378. The number of fused-ring (bicyclic) bond motifs is 1. The van der Waals surface area contributed by atoms with E-state index < -0.39 is 0 Å². The predicted molar refractivity (Wildman–Crippen MR) is 117 cm³/mol. The lowest BCUT2D eigenvalue weighted by atomic mass is 10.0. The van der Waals surface area contributed by atoms with Gasteiger partial charge in [-0.3, -0.25) is 0 Å². The molecule has 0 aliphatic heterocycles. The van der Waals surface area contributed by atoms with Crippen molar-refractivity contribution in [1.29, 1.82) is 0 Å². The summed E-state index contributed by atoms with van der Waals surface area (Å²) in [4.78, 5) is 11.7. The Bertz CT molecular complexity index is 1150. The van der Waals surface area contributed by atoms with Crippen LogP contribution in [-0.4, -0.2) is 21.5 Å². The third kappa shape index (κ3) is 4.17. The van der Waals surface area contributed by atoms with Crippen molar-refractivity contribution in [2.24, 2.45) is 0 Å². The standard InChI is InChI=1S/C22H21ClFN5/c1-13-3-8-18(24)22-21(13)17(14(2)28-22)9-10-25-19-11-20(27-12-26-19)29-16-6-4-15(23)5-7-16/h3-8,11-12,28H,9-10H2,1-2H3,(H2,25,26,27,29). The van der Waals surface area contributed by atoms with E-state index in [4.69, 9.17) is 11.6 Å². The van der Waals surface area contributed by atoms with E-state index in [2.05, 4.69) is 25.6 Å². The molecule has 0 amide bonds. The number of anilines is 3. The third-order valence-corrected chi connectivity index (χ3v) is 5.15. The lowest BCUT2D eigenvalue weighted by Gasteiger charge is -2.09. The molecule has 148 valence electrons. The van der Waals surface area contributed by atoms with Crippen molar-refractivity contribution >= 4 is 39.8 Å². The van der Waals surface area contributed by atoms with E-state index in [0.29, 0.717) is 22.9 Å². The second-order valence-electron chi connectivity index (χ2n) is 6.94. The van der Waals surface area contributed by atoms with Crippen LogP contribution in [0.15, 0.2) is 48.8 Å². The summed E-state index contributed by atoms with van der Waals surface area (Å²) < 4.78 is 14.1. The van der Waals surface area contributed by atoms with Crippen LogP contribution in [0, 0.1) is 19.7 Å². The zero-order valence-electron chi connectivity index (χ0n) is 16.2. The van der Waals surface area contributed by atoms with Crippen molar-refractivity contribution < 1.29 is 4.39 Å². The molecule has 0 aliphatic rings. The number of hydrogen-bond acceptors (Lipinski definition) is 4. The lowest BCUT2D eigenvalue weighted by Crippen LogP contribution is -2.07. The van der Waals surface area contributed by atoms with Crippen LogP contribution in [0.1, 0.15) is 16.8 Å². The van der Waals surface area contributed by atoms with Gasteiger partial charge >= 0.3 is 0 Å². The van der Waals surface area contributed by atoms with Gasteiger partial charge in [-0.15, -0.1) is 0 Å². The molecular formula is C22H21ClFN5. The number of nitrogens with one attached hydrogen (secondary N) is 3. The van der Waals surface area contributed by atoms with E-state index in [-0.39, 0.29) is 5.82 Å². The highest BCUT2D eigenvalue weighted by Gasteiger charge is 2.13. The average Bonchev–Trinajstić information content (AvgIpc) is 3.05. The van der Waals surface area contributed by atoms with Gasteiger partial charge in [0.2, 0.25) is 0 Å². The Balaban J connectivity index is 1.45. The van der Waals surface area contributed by atoms with E-state index in [9.17, 15) is 4.39 Å². The molecule has 3 N–H and O–H groups in total. The van der Waals surface area contributed by atoms with Gasteiger partial charge < -0.3 is 15.6 Å². The Hall–Kier alpha value is -3.12. The number of hydrogen-bond donors (Lipinski definition) is 3. The first kappa shape index (κ1) is 19.2. The molecule has 0 radical (unpaired) electrons. The highest BCUT2D eigenvalue weighted by atomic mass is 35.5. The number of aromatic nitrogens is 3. The van der Waals surface area contributed by atoms with Crippen molar-refractivity contribution in [2.75, 3.05) is 17.2 Å². The molecule has 0 spiro atoms. The Morgan fingerprint density at radius 2 is 1.79 bits per heavy atom. The summed E-state index contributed by atoms with van der Waals surface area (Å²) in [6.07, 6.45) is 2.26. The van der Waals surface area contributed by atoms with E-state index in [0.717, 1.165) is 40.1 Å². The molecule has 0 unspecified atom stereocenters. The molecule has 7 heteroatoms. The topological polar surface area (TPSA) is 65.6 Å². The molecule has 4 rings (SSSR count). The van der Waals surface area contributed by atoms with Crippen molar-refractivity contribution in [3.8, 4) is 0 Å². The van der Waals surface area contributed by atoms with Gasteiger partial charge in [-0.25, -0.2) is 14.4 Å². The van der Waals surface area contributed by atoms with Crippen LogP contribution in [-0.2, 0) is 6.42 Å². The van der Waals surface area contributed by atoms with Gasteiger partial charge in [0, 0.05) is 34.4 Å². The molecule has 2 aromatic heterocycles. The fourth-order valence-corrected chi connectivity index (χ4v) is 3.60. The van der Waals surface area contributed by atoms with Crippen molar-refractivity contribution in [3.05, 3.63) is 76.5 Å². The maximum absolute atomic E-state index is 14.1. The zero-order valence-corrected chi connectivity index (χ0v) is 16.9. The molecule has 0 saturated carbocycles. The van der Waals surface area contributed by atoms with Crippen LogP contribution in [0.4, 0.5) is 21.7 Å². The van der Waals surface area contributed by atoms with E-state index >= 15 is 0 Å². The first-order chi connectivity index (χ1) is 14.0. The van der Waals surface area contributed by atoms with Crippen molar-refractivity contribution in [2.45, 2.75) is 20.3 Å². The van der Waals surface area contributed by atoms with Crippen LogP contribution in [0.25, 0.3) is 10.9 Å². The molecule has 5 nitrogen and oxygen atoms in total. The molecule has 2 heterocycles. The van der Waals surface area contributed by atoms with E-state index in [1.807, 2.05) is 50.2 Å². The summed E-state index contributed by atoms with van der Waals surface area (Å²) in [5.41, 5.74) is 4.65. The van der Waals surface area contributed by atoms with Gasteiger partial charge in [-0.2, -0.15) is 0 Å². The Labute approximate surface area is 173 Å². The van der Waals surface area contributed by atoms with Crippen LogP contribution < -0.4 is 10.6 Å². The average molecular weight is 410 g/mol. The monoisotopic (exact) mass is 409 g/mol. The minimum Gasteiger partial charge on any atom is -0.370 e. The number of nitrogens with zero attached hydrogens (tertiary/aromatic N) is 2. The predicted octanol–water partition coefficient (Wildman–Crippen LogP) is 5.77. The first-order valence-corrected chi connectivity index (χ1v) is 9.74. The van der Waals surface area contributed by atoms with Gasteiger partial charge in [0.1, 0.15) is 23.8 Å². The smallest absolute Gasteiger partial charge is 0.147 e. The molecule has 0 aliphatic carbocycles. The summed E-state index contributed by atoms with van der Waals surface area (Å²) >= 11 is 5.92. The number of aromatic amines is 1. The fourth-order valence-electron chi connectivity index (χ4n) is 3.47. The molecule has 4 aromatic rings. The third-order valence-electron chi connectivity index (χ3n) is 4.89. The van der Waals surface area contributed by atoms with Gasteiger partial charge in [-0.05, 0) is 61.7 Å². The maximum atomic E-state index is 14.1. The Kier molecular flexibility index (Phi) is 5.36.